The van der Waals surface area contributed by atoms with Gasteiger partial charge in [0.1, 0.15) is 0 Å². The standard InChI is InChI=1S/4O.2Pt/q4*-2;2*+4. The fourth-order valence-electron chi connectivity index (χ4n) is 0. The van der Waals surface area contributed by atoms with Crippen LogP contribution in [-0.2, 0) is 64.0 Å². The Kier molecular flexibility index (Phi) is 3590. The average Bonchev–Trinajstić information content (AvgIpc) is 0. The van der Waals surface area contributed by atoms with E-state index in [1.54, 1.807) is 0 Å². The largest absolute Gasteiger partial charge is 4.00 e. The van der Waals surface area contributed by atoms with Crippen molar-refractivity contribution in [1.82, 2.24) is 0 Å². The maximum Gasteiger partial charge on any atom is 4.00 e. The second-order valence-electron chi connectivity index (χ2n) is 0. The molecular weight excluding hydrogens is 454 g/mol. The van der Waals surface area contributed by atoms with Crippen molar-refractivity contribution >= 4 is 0 Å². The van der Waals surface area contributed by atoms with Crippen LogP contribution in [0.2, 0.25) is 0 Å². The van der Waals surface area contributed by atoms with E-state index in [4.69, 9.17) is 0 Å². The molecule has 0 amide bonds. The molecular formula is O4Pt2. The molecule has 0 saturated heterocycles. The molecule has 0 aliphatic carbocycles. The molecule has 6 heteroatoms. The summed E-state index contributed by atoms with van der Waals surface area (Å²) in [4.78, 5) is 0. The van der Waals surface area contributed by atoms with Crippen molar-refractivity contribution in [2.45, 2.75) is 0 Å². The summed E-state index contributed by atoms with van der Waals surface area (Å²) < 4.78 is 0. The fourth-order valence-corrected chi connectivity index (χ4v) is 0. The van der Waals surface area contributed by atoms with E-state index in [1.165, 1.54) is 0 Å². The van der Waals surface area contributed by atoms with E-state index < -0.39 is 0 Å². The first-order valence-electron chi connectivity index (χ1n) is 0. The molecule has 0 aliphatic rings. The summed E-state index contributed by atoms with van der Waals surface area (Å²) in [6.45, 7) is 0. The van der Waals surface area contributed by atoms with Gasteiger partial charge in [0.05, 0.1) is 0 Å². The van der Waals surface area contributed by atoms with E-state index in [0.29, 0.717) is 0 Å². The first kappa shape index (κ1) is 188. The molecule has 0 aromatic heterocycles. The van der Waals surface area contributed by atoms with Crippen molar-refractivity contribution in [2.24, 2.45) is 0 Å². The summed E-state index contributed by atoms with van der Waals surface area (Å²) in [5, 5.41) is 0. The van der Waals surface area contributed by atoms with Crippen LogP contribution < -0.4 is 0 Å². The number of hydrogen-bond acceptors (Lipinski definition) is 0. The Bertz CT molecular complexity index is 5.51. The van der Waals surface area contributed by atoms with Gasteiger partial charge in [0, 0.05) is 0 Å². The summed E-state index contributed by atoms with van der Waals surface area (Å²) in [7, 11) is 0. The van der Waals surface area contributed by atoms with Crippen molar-refractivity contribution in [2.75, 3.05) is 0 Å². The van der Waals surface area contributed by atoms with E-state index in [1.807, 2.05) is 0 Å². The Morgan fingerprint density at radius 1 is 0.333 bits per heavy atom. The molecule has 0 aliphatic heterocycles. The molecule has 0 atom stereocenters. The van der Waals surface area contributed by atoms with Gasteiger partial charge in [-0.05, 0) is 0 Å². The zero-order chi connectivity index (χ0) is 0. The van der Waals surface area contributed by atoms with Crippen molar-refractivity contribution < 1.29 is 64.0 Å². The van der Waals surface area contributed by atoms with Gasteiger partial charge in [-0.3, -0.25) is 0 Å². The molecule has 0 rings (SSSR count). The summed E-state index contributed by atoms with van der Waals surface area (Å²) in [6.07, 6.45) is 0. The second kappa shape index (κ2) is 114. The molecule has 0 aromatic rings. The number of rotatable bonds is 0. The summed E-state index contributed by atoms with van der Waals surface area (Å²) in [5.41, 5.74) is 0. The first-order valence-corrected chi connectivity index (χ1v) is 0. The Morgan fingerprint density at radius 2 is 0.333 bits per heavy atom. The third-order valence-corrected chi connectivity index (χ3v) is 0. The smallest absolute Gasteiger partial charge is 2.00 e. The molecule has 0 saturated carbocycles. The SMILES string of the molecule is [O-2].[O-2].[O-2].[O-2].[Pt+4].[Pt+4]. The normalized spacial score (nSPS) is 0. The molecule has 4 nitrogen and oxygen atoms in total. The summed E-state index contributed by atoms with van der Waals surface area (Å²) in [5.74, 6) is 0. The van der Waals surface area contributed by atoms with Gasteiger partial charge in [-0.1, -0.05) is 0 Å². The van der Waals surface area contributed by atoms with Gasteiger partial charge in [-0.25, -0.2) is 0 Å². The molecule has 0 radical (unpaired) electrons. The maximum absolute atomic E-state index is 0. The molecule has 0 aromatic carbocycles. The van der Waals surface area contributed by atoms with E-state index in [2.05, 4.69) is 0 Å². The molecule has 0 heterocycles. The van der Waals surface area contributed by atoms with Crippen LogP contribution in [0.3, 0.4) is 0 Å². The van der Waals surface area contributed by atoms with Crippen molar-refractivity contribution in [1.29, 1.82) is 0 Å². The quantitative estimate of drug-likeness (QED) is 0.471. The van der Waals surface area contributed by atoms with E-state index in [9.17, 15) is 0 Å². The van der Waals surface area contributed by atoms with Gasteiger partial charge in [-0.2, -0.15) is 0 Å². The minimum absolute atomic E-state index is 0. The number of hydrogen-bond donors (Lipinski definition) is 0. The Balaban J connectivity index is 0. The molecule has 0 spiro atoms. The molecule has 0 fully saturated rings. The van der Waals surface area contributed by atoms with Crippen molar-refractivity contribution in [3.63, 3.8) is 0 Å². The first-order chi connectivity index (χ1) is 0. The van der Waals surface area contributed by atoms with E-state index in [0.717, 1.165) is 0 Å². The molecule has 0 N–H and O–H groups in total. The van der Waals surface area contributed by atoms with Gasteiger partial charge >= 0.3 is 42.1 Å². The van der Waals surface area contributed by atoms with Crippen molar-refractivity contribution in [3.8, 4) is 0 Å². The molecule has 6 heavy (non-hydrogen) atoms. The minimum atomic E-state index is 0. The Morgan fingerprint density at radius 3 is 0.333 bits per heavy atom. The third-order valence-electron chi connectivity index (χ3n) is 0. The van der Waals surface area contributed by atoms with Crippen LogP contribution >= 0.6 is 0 Å². The molecule has 44 valence electrons. The Hall–Kier alpha value is 1.22. The van der Waals surface area contributed by atoms with Crippen LogP contribution in [-0.4, -0.2) is 0 Å². The topological polar surface area (TPSA) is 114 Å². The third kappa shape index (κ3) is 62.7. The van der Waals surface area contributed by atoms with Gasteiger partial charge in [0.2, 0.25) is 0 Å². The van der Waals surface area contributed by atoms with Crippen LogP contribution in [0.15, 0.2) is 0 Å². The zero-order valence-corrected chi connectivity index (χ0v) is 6.81. The zero-order valence-electron chi connectivity index (χ0n) is 2.27. The minimum Gasteiger partial charge on any atom is -2.00 e. The molecule has 0 bridgehead atoms. The predicted molar refractivity (Wildman–Crippen MR) is 2.75 cm³/mol. The monoisotopic (exact) mass is 454 g/mol. The summed E-state index contributed by atoms with van der Waals surface area (Å²) >= 11 is 0. The van der Waals surface area contributed by atoms with Gasteiger partial charge < -0.3 is 21.9 Å². The average molecular weight is 454 g/mol. The summed E-state index contributed by atoms with van der Waals surface area (Å²) in [6, 6.07) is 0. The van der Waals surface area contributed by atoms with Crippen molar-refractivity contribution in [3.05, 3.63) is 0 Å². The van der Waals surface area contributed by atoms with Crippen LogP contribution in [0.4, 0.5) is 0 Å². The fraction of sp³-hybridized carbons (Fsp3) is 0. The van der Waals surface area contributed by atoms with Gasteiger partial charge in [0.15, 0.2) is 0 Å². The predicted octanol–water partition coefficient (Wildman–Crippen LogP) is -0.480. The second-order valence-corrected chi connectivity index (χ2v) is 0. The maximum atomic E-state index is 0. The molecule has 0 unspecified atom stereocenters. The Labute approximate surface area is 64.1 Å². The van der Waals surface area contributed by atoms with Gasteiger partial charge in [0.25, 0.3) is 0 Å². The van der Waals surface area contributed by atoms with E-state index in [-0.39, 0.29) is 64.0 Å². The van der Waals surface area contributed by atoms with Crippen LogP contribution in [0, 0.1) is 0 Å². The van der Waals surface area contributed by atoms with E-state index >= 15 is 0 Å². The van der Waals surface area contributed by atoms with Crippen LogP contribution in [0.1, 0.15) is 0 Å². The van der Waals surface area contributed by atoms with Crippen LogP contribution in [0.5, 0.6) is 0 Å². The van der Waals surface area contributed by atoms with Gasteiger partial charge in [-0.15, -0.1) is 0 Å². The van der Waals surface area contributed by atoms with Crippen LogP contribution in [0.25, 0.3) is 0 Å².